The number of hydrogen-bond acceptors (Lipinski definition) is 4. The number of halogens is 1. The zero-order valence-corrected chi connectivity index (χ0v) is 15.0. The molecule has 0 aliphatic carbocycles. The predicted octanol–water partition coefficient (Wildman–Crippen LogP) is 5.70. The van der Waals surface area contributed by atoms with Crippen LogP contribution in [0, 0.1) is 6.92 Å². The molecule has 0 bridgehead atoms. The number of benzene rings is 2. The highest BCUT2D eigenvalue weighted by Crippen LogP contribution is 2.30. The molecule has 2 nitrogen and oxygen atoms in total. The van der Waals surface area contributed by atoms with Crippen LogP contribution in [0.5, 0.6) is 0 Å². The lowest BCUT2D eigenvalue weighted by atomic mass is 10.1. The Morgan fingerprint density at radius 1 is 1.24 bits per heavy atom. The molecule has 1 aromatic heterocycles. The van der Waals surface area contributed by atoms with Crippen molar-refractivity contribution in [3.8, 4) is 0 Å². The van der Waals surface area contributed by atoms with Gasteiger partial charge in [0.05, 0.1) is 10.2 Å². The van der Waals surface area contributed by atoms with Gasteiger partial charge < -0.3 is 5.32 Å². The van der Waals surface area contributed by atoms with Crippen LogP contribution in [-0.4, -0.2) is 11.2 Å². The lowest BCUT2D eigenvalue weighted by Gasteiger charge is -2.09. The number of rotatable bonds is 4. The fraction of sp³-hybridized carbons (Fsp3) is 0.188. The van der Waals surface area contributed by atoms with Gasteiger partial charge in [-0.05, 0) is 48.6 Å². The van der Waals surface area contributed by atoms with Crippen molar-refractivity contribution >= 4 is 54.9 Å². The van der Waals surface area contributed by atoms with Crippen molar-refractivity contribution in [3.05, 3.63) is 52.0 Å². The van der Waals surface area contributed by atoms with Gasteiger partial charge in [0.1, 0.15) is 0 Å². The Morgan fingerprint density at radius 2 is 2.10 bits per heavy atom. The van der Waals surface area contributed by atoms with Gasteiger partial charge in [0.25, 0.3) is 0 Å². The van der Waals surface area contributed by atoms with Crippen LogP contribution in [-0.2, 0) is 6.54 Å². The maximum atomic E-state index is 4.56. The van der Waals surface area contributed by atoms with Crippen LogP contribution in [0.4, 0.5) is 5.69 Å². The molecule has 0 radical (unpaired) electrons. The highest BCUT2D eigenvalue weighted by Gasteiger charge is 2.05. The van der Waals surface area contributed by atoms with Crippen LogP contribution in [0.3, 0.4) is 0 Å². The average molecular weight is 379 g/mol. The zero-order valence-electron chi connectivity index (χ0n) is 11.8. The van der Waals surface area contributed by atoms with E-state index >= 15 is 0 Å². The Balaban J connectivity index is 1.78. The molecule has 0 aliphatic rings. The van der Waals surface area contributed by atoms with Gasteiger partial charge in [-0.3, -0.25) is 0 Å². The lowest BCUT2D eigenvalue weighted by Crippen LogP contribution is -2.00. The third kappa shape index (κ3) is 3.42. The van der Waals surface area contributed by atoms with Gasteiger partial charge in [-0.15, -0.1) is 11.3 Å². The number of aromatic nitrogens is 1. The molecule has 108 valence electrons. The molecule has 3 rings (SSSR count). The summed E-state index contributed by atoms with van der Waals surface area (Å²) >= 11 is 7.06. The summed E-state index contributed by atoms with van der Waals surface area (Å²) in [5.41, 5.74) is 4.73. The number of thiazole rings is 1. The van der Waals surface area contributed by atoms with Gasteiger partial charge in [0.15, 0.2) is 4.34 Å². The lowest BCUT2D eigenvalue weighted by molar-refractivity contribution is 1.13. The van der Waals surface area contributed by atoms with Crippen molar-refractivity contribution in [1.82, 2.24) is 4.98 Å². The Kier molecular flexibility index (Phi) is 4.52. The Hall–Kier alpha value is -1.04. The van der Waals surface area contributed by atoms with Crippen LogP contribution >= 0.6 is 39.0 Å². The van der Waals surface area contributed by atoms with E-state index in [-0.39, 0.29) is 0 Å². The average Bonchev–Trinajstić information content (AvgIpc) is 2.88. The number of fused-ring (bicyclic) bond motifs is 1. The number of nitrogens with zero attached hydrogens (tertiary/aromatic N) is 1. The molecular formula is C16H15BrN2S2. The maximum absolute atomic E-state index is 4.56. The monoisotopic (exact) mass is 378 g/mol. The van der Waals surface area contributed by atoms with Crippen molar-refractivity contribution in [3.63, 3.8) is 0 Å². The third-order valence-electron chi connectivity index (χ3n) is 3.23. The van der Waals surface area contributed by atoms with Crippen LogP contribution in [0.25, 0.3) is 10.2 Å². The smallest absolute Gasteiger partial charge is 0.150 e. The van der Waals surface area contributed by atoms with Crippen LogP contribution in [0.2, 0.25) is 0 Å². The number of hydrogen-bond donors (Lipinski definition) is 1. The van der Waals surface area contributed by atoms with Crippen molar-refractivity contribution in [2.45, 2.75) is 17.8 Å². The first-order chi connectivity index (χ1) is 10.2. The molecule has 5 heteroatoms. The van der Waals surface area contributed by atoms with E-state index in [1.807, 2.05) is 0 Å². The Bertz CT molecular complexity index is 783. The summed E-state index contributed by atoms with van der Waals surface area (Å²) in [6, 6.07) is 12.8. The van der Waals surface area contributed by atoms with E-state index in [9.17, 15) is 0 Å². The maximum Gasteiger partial charge on any atom is 0.150 e. The summed E-state index contributed by atoms with van der Waals surface area (Å²) in [6.07, 6.45) is 2.06. The fourth-order valence-corrected chi connectivity index (χ4v) is 4.26. The summed E-state index contributed by atoms with van der Waals surface area (Å²) < 4.78 is 3.49. The van der Waals surface area contributed by atoms with Gasteiger partial charge in [-0.25, -0.2) is 4.98 Å². The van der Waals surface area contributed by atoms with Crippen molar-refractivity contribution < 1.29 is 0 Å². The van der Waals surface area contributed by atoms with Crippen molar-refractivity contribution in [2.24, 2.45) is 0 Å². The molecule has 21 heavy (non-hydrogen) atoms. The standard InChI is InChI=1S/C16H15BrN2S2/c1-10-3-4-11(13(17)7-10)9-18-12-5-6-14-15(8-12)21-16(19-14)20-2/h3-8,18H,9H2,1-2H3. The highest BCUT2D eigenvalue weighted by atomic mass is 79.9. The van der Waals surface area contributed by atoms with E-state index in [1.54, 1.807) is 23.1 Å². The molecule has 3 aromatic rings. The summed E-state index contributed by atoms with van der Waals surface area (Å²) in [5.74, 6) is 0. The number of nitrogens with one attached hydrogen (secondary N) is 1. The number of thioether (sulfide) groups is 1. The molecule has 1 heterocycles. The minimum Gasteiger partial charge on any atom is -0.381 e. The first-order valence-electron chi connectivity index (χ1n) is 6.59. The van der Waals surface area contributed by atoms with Gasteiger partial charge in [-0.2, -0.15) is 0 Å². The fourth-order valence-electron chi connectivity index (χ4n) is 2.09. The van der Waals surface area contributed by atoms with Gasteiger partial charge in [-0.1, -0.05) is 39.8 Å². The summed E-state index contributed by atoms with van der Waals surface area (Å²) in [5, 5.41) is 3.48. The van der Waals surface area contributed by atoms with Gasteiger partial charge in [0, 0.05) is 16.7 Å². The van der Waals surface area contributed by atoms with E-state index in [1.165, 1.54) is 15.8 Å². The number of aryl methyl sites for hydroxylation is 1. The van der Waals surface area contributed by atoms with Gasteiger partial charge in [0.2, 0.25) is 0 Å². The molecule has 0 spiro atoms. The molecule has 2 aromatic carbocycles. The predicted molar refractivity (Wildman–Crippen MR) is 97.6 cm³/mol. The largest absolute Gasteiger partial charge is 0.381 e. The molecule has 0 amide bonds. The molecular weight excluding hydrogens is 364 g/mol. The molecule has 0 saturated heterocycles. The van der Waals surface area contributed by atoms with Gasteiger partial charge >= 0.3 is 0 Å². The quantitative estimate of drug-likeness (QED) is 0.589. The molecule has 1 N–H and O–H groups in total. The molecule has 0 atom stereocenters. The molecule has 0 aliphatic heterocycles. The summed E-state index contributed by atoms with van der Waals surface area (Å²) in [7, 11) is 0. The van der Waals surface area contributed by atoms with E-state index in [0.29, 0.717) is 0 Å². The molecule has 0 unspecified atom stereocenters. The second-order valence-electron chi connectivity index (χ2n) is 4.81. The number of anilines is 1. The van der Waals surface area contributed by atoms with E-state index in [4.69, 9.17) is 0 Å². The third-order valence-corrected chi connectivity index (χ3v) is 5.98. The van der Waals surface area contributed by atoms with Crippen LogP contribution in [0.1, 0.15) is 11.1 Å². The van der Waals surface area contributed by atoms with Crippen molar-refractivity contribution in [1.29, 1.82) is 0 Å². The second kappa shape index (κ2) is 6.38. The van der Waals surface area contributed by atoms with Crippen molar-refractivity contribution in [2.75, 3.05) is 11.6 Å². The first-order valence-corrected chi connectivity index (χ1v) is 9.42. The first kappa shape index (κ1) is 14.9. The normalized spacial score (nSPS) is 11.0. The van der Waals surface area contributed by atoms with E-state index in [0.717, 1.165) is 26.6 Å². The molecule has 0 fully saturated rings. The van der Waals surface area contributed by atoms with E-state index in [2.05, 4.69) is 75.8 Å². The van der Waals surface area contributed by atoms with E-state index < -0.39 is 0 Å². The minimum atomic E-state index is 0.806. The molecule has 0 saturated carbocycles. The summed E-state index contributed by atoms with van der Waals surface area (Å²) in [6.45, 7) is 2.91. The SMILES string of the molecule is CSc1nc2ccc(NCc3ccc(C)cc3Br)cc2s1. The topological polar surface area (TPSA) is 24.9 Å². The highest BCUT2D eigenvalue weighted by molar-refractivity contribution is 9.10. The minimum absolute atomic E-state index is 0.806. The Labute approximate surface area is 141 Å². The zero-order chi connectivity index (χ0) is 14.8. The van der Waals surface area contributed by atoms with Crippen LogP contribution in [0.15, 0.2) is 45.2 Å². The second-order valence-corrected chi connectivity index (χ2v) is 7.75. The van der Waals surface area contributed by atoms with Crippen LogP contribution < -0.4 is 5.32 Å². The Morgan fingerprint density at radius 3 is 2.86 bits per heavy atom. The summed E-state index contributed by atoms with van der Waals surface area (Å²) in [4.78, 5) is 4.56.